The van der Waals surface area contributed by atoms with E-state index in [1.54, 1.807) is 0 Å². The molecule has 0 amide bonds. The van der Waals surface area contributed by atoms with Crippen LogP contribution in [0.15, 0.2) is 10.8 Å². The van der Waals surface area contributed by atoms with Gasteiger partial charge in [-0.2, -0.15) is 10.2 Å². The van der Waals surface area contributed by atoms with Gasteiger partial charge in [0, 0.05) is 13.0 Å². The van der Waals surface area contributed by atoms with Gasteiger partial charge in [0.1, 0.15) is 12.4 Å². The molecule has 0 spiro atoms. The summed E-state index contributed by atoms with van der Waals surface area (Å²) in [6.45, 7) is 4.87. The van der Waals surface area contributed by atoms with Crippen molar-refractivity contribution in [1.29, 1.82) is 0 Å². The van der Waals surface area contributed by atoms with Crippen molar-refractivity contribution in [2.24, 2.45) is 0 Å². The van der Waals surface area contributed by atoms with Crippen LogP contribution in [0.3, 0.4) is 0 Å². The minimum atomic E-state index is -0.699. The molecule has 98 valence electrons. The molecule has 0 saturated carbocycles. The van der Waals surface area contributed by atoms with Crippen molar-refractivity contribution < 1.29 is 5.11 Å². The number of nitrogens with one attached hydrogen (secondary N) is 1. The standard InChI is InChI=1S/C11H16BrN5O/c1-3-7-10(12)8(17(4-2)16-7)5-9(18)11-13-6-14-15-11/h6,9,18H,3-5H2,1-2H3,(H,13,14,15). The first-order valence-electron chi connectivity index (χ1n) is 5.94. The van der Waals surface area contributed by atoms with Crippen molar-refractivity contribution in [3.8, 4) is 0 Å². The molecule has 0 bridgehead atoms. The number of hydrogen-bond donors (Lipinski definition) is 2. The summed E-state index contributed by atoms with van der Waals surface area (Å²) < 4.78 is 2.88. The Bertz CT molecular complexity index is 508. The van der Waals surface area contributed by atoms with Crippen LogP contribution >= 0.6 is 15.9 Å². The normalized spacial score (nSPS) is 12.9. The van der Waals surface area contributed by atoms with E-state index in [4.69, 9.17) is 0 Å². The van der Waals surface area contributed by atoms with Crippen LogP contribution in [0.25, 0.3) is 0 Å². The molecule has 0 aromatic carbocycles. The number of aliphatic hydroxyl groups excluding tert-OH is 1. The first-order chi connectivity index (χ1) is 8.67. The molecule has 0 aliphatic rings. The molecule has 1 unspecified atom stereocenters. The lowest BCUT2D eigenvalue weighted by molar-refractivity contribution is 0.165. The fourth-order valence-corrected chi connectivity index (χ4v) is 2.59. The predicted molar refractivity (Wildman–Crippen MR) is 70.0 cm³/mol. The molecular weight excluding hydrogens is 298 g/mol. The van der Waals surface area contributed by atoms with E-state index in [2.05, 4.69) is 43.1 Å². The lowest BCUT2D eigenvalue weighted by atomic mass is 10.1. The first-order valence-corrected chi connectivity index (χ1v) is 6.74. The van der Waals surface area contributed by atoms with Gasteiger partial charge in [0.2, 0.25) is 0 Å². The summed E-state index contributed by atoms with van der Waals surface area (Å²) in [6.07, 6.45) is 2.01. The summed E-state index contributed by atoms with van der Waals surface area (Å²) in [7, 11) is 0. The minimum absolute atomic E-state index is 0.455. The van der Waals surface area contributed by atoms with Gasteiger partial charge in [0.25, 0.3) is 0 Å². The average Bonchev–Trinajstić information content (AvgIpc) is 2.99. The zero-order valence-electron chi connectivity index (χ0n) is 10.4. The van der Waals surface area contributed by atoms with Crippen molar-refractivity contribution in [2.45, 2.75) is 39.3 Å². The Balaban J connectivity index is 2.25. The number of H-pyrrole nitrogens is 1. The first kappa shape index (κ1) is 13.2. The van der Waals surface area contributed by atoms with E-state index in [1.165, 1.54) is 6.33 Å². The van der Waals surface area contributed by atoms with Crippen molar-refractivity contribution in [1.82, 2.24) is 25.0 Å². The Labute approximate surface area is 114 Å². The minimum Gasteiger partial charge on any atom is -0.385 e. The van der Waals surface area contributed by atoms with E-state index in [9.17, 15) is 5.11 Å². The number of nitrogens with zero attached hydrogens (tertiary/aromatic N) is 4. The number of aromatic amines is 1. The Hall–Kier alpha value is -1.21. The molecular formula is C11H16BrN5O. The third-order valence-corrected chi connectivity index (χ3v) is 3.75. The van der Waals surface area contributed by atoms with Gasteiger partial charge in [-0.15, -0.1) is 0 Å². The molecule has 18 heavy (non-hydrogen) atoms. The topological polar surface area (TPSA) is 79.6 Å². The summed E-state index contributed by atoms with van der Waals surface area (Å²) in [4.78, 5) is 3.96. The molecule has 2 heterocycles. The highest BCUT2D eigenvalue weighted by Crippen LogP contribution is 2.26. The summed E-state index contributed by atoms with van der Waals surface area (Å²) in [5.41, 5.74) is 2.00. The molecule has 2 rings (SSSR count). The maximum Gasteiger partial charge on any atom is 0.153 e. The second kappa shape index (κ2) is 5.62. The Morgan fingerprint density at radius 3 is 2.83 bits per heavy atom. The van der Waals surface area contributed by atoms with Crippen LogP contribution in [0.1, 0.15) is 37.2 Å². The van der Waals surface area contributed by atoms with Crippen LogP contribution in [0.2, 0.25) is 0 Å². The lowest BCUT2D eigenvalue weighted by Gasteiger charge is -2.09. The van der Waals surface area contributed by atoms with Crippen LogP contribution in [0.4, 0.5) is 0 Å². The Kier molecular flexibility index (Phi) is 4.13. The zero-order chi connectivity index (χ0) is 13.1. The van der Waals surface area contributed by atoms with Gasteiger partial charge in [-0.05, 0) is 29.3 Å². The average molecular weight is 314 g/mol. The summed E-state index contributed by atoms with van der Waals surface area (Å²) in [5, 5.41) is 21.0. The van der Waals surface area contributed by atoms with Gasteiger partial charge in [-0.1, -0.05) is 6.92 Å². The number of rotatable bonds is 5. The van der Waals surface area contributed by atoms with Crippen molar-refractivity contribution >= 4 is 15.9 Å². The molecule has 0 aliphatic carbocycles. The predicted octanol–water partition coefficient (Wildman–Crippen LogP) is 1.62. The van der Waals surface area contributed by atoms with Gasteiger partial charge in [0.05, 0.1) is 15.9 Å². The second-order valence-corrected chi connectivity index (χ2v) is 4.76. The summed E-state index contributed by atoms with van der Waals surface area (Å²) >= 11 is 3.55. The number of halogens is 1. The SMILES string of the molecule is CCc1nn(CC)c(CC(O)c2ncn[nH]2)c1Br. The number of aliphatic hydroxyl groups is 1. The molecule has 2 aromatic heterocycles. The number of aryl methyl sites for hydroxylation is 2. The van der Waals surface area contributed by atoms with E-state index < -0.39 is 6.10 Å². The largest absolute Gasteiger partial charge is 0.385 e. The third-order valence-electron chi connectivity index (χ3n) is 2.83. The van der Waals surface area contributed by atoms with Crippen LogP contribution in [0, 0.1) is 0 Å². The van der Waals surface area contributed by atoms with Crippen molar-refractivity contribution in [3.05, 3.63) is 28.0 Å². The zero-order valence-corrected chi connectivity index (χ0v) is 12.0. The maximum absolute atomic E-state index is 10.1. The van der Waals surface area contributed by atoms with E-state index in [0.717, 1.165) is 28.8 Å². The van der Waals surface area contributed by atoms with Gasteiger partial charge in [-0.25, -0.2) is 4.98 Å². The highest BCUT2D eigenvalue weighted by atomic mass is 79.9. The molecule has 1 atom stereocenters. The van der Waals surface area contributed by atoms with E-state index >= 15 is 0 Å². The lowest BCUT2D eigenvalue weighted by Crippen LogP contribution is -2.10. The van der Waals surface area contributed by atoms with Crippen molar-refractivity contribution in [2.75, 3.05) is 0 Å². The van der Waals surface area contributed by atoms with E-state index in [1.807, 2.05) is 11.6 Å². The molecule has 7 heteroatoms. The third kappa shape index (κ3) is 2.46. The molecule has 0 fully saturated rings. The fourth-order valence-electron chi connectivity index (χ4n) is 1.87. The molecule has 0 aliphatic heterocycles. The second-order valence-electron chi connectivity index (χ2n) is 3.97. The molecule has 0 radical (unpaired) electrons. The smallest absolute Gasteiger partial charge is 0.153 e. The van der Waals surface area contributed by atoms with Crippen LogP contribution in [0.5, 0.6) is 0 Å². The molecule has 2 N–H and O–H groups in total. The maximum atomic E-state index is 10.1. The Morgan fingerprint density at radius 2 is 2.28 bits per heavy atom. The Morgan fingerprint density at radius 1 is 1.50 bits per heavy atom. The molecule has 0 saturated heterocycles. The van der Waals surface area contributed by atoms with Gasteiger partial charge in [-0.3, -0.25) is 9.78 Å². The molecule has 2 aromatic rings. The number of hydrogen-bond acceptors (Lipinski definition) is 4. The quantitative estimate of drug-likeness (QED) is 0.879. The van der Waals surface area contributed by atoms with Crippen LogP contribution in [-0.2, 0) is 19.4 Å². The highest BCUT2D eigenvalue weighted by Gasteiger charge is 2.19. The van der Waals surface area contributed by atoms with Crippen LogP contribution in [-0.4, -0.2) is 30.1 Å². The van der Waals surface area contributed by atoms with Gasteiger partial charge < -0.3 is 5.11 Å². The van der Waals surface area contributed by atoms with Crippen molar-refractivity contribution in [3.63, 3.8) is 0 Å². The van der Waals surface area contributed by atoms with Crippen LogP contribution < -0.4 is 0 Å². The van der Waals surface area contributed by atoms with Gasteiger partial charge >= 0.3 is 0 Å². The van der Waals surface area contributed by atoms with E-state index in [0.29, 0.717) is 12.2 Å². The van der Waals surface area contributed by atoms with Gasteiger partial charge in [0.15, 0.2) is 5.82 Å². The van der Waals surface area contributed by atoms with E-state index in [-0.39, 0.29) is 0 Å². The fraction of sp³-hybridized carbons (Fsp3) is 0.545. The number of aromatic nitrogens is 5. The monoisotopic (exact) mass is 313 g/mol. The molecule has 6 nitrogen and oxygen atoms in total. The summed E-state index contributed by atoms with van der Waals surface area (Å²) in [5.74, 6) is 0.476. The summed E-state index contributed by atoms with van der Waals surface area (Å²) in [6, 6.07) is 0. The highest BCUT2D eigenvalue weighted by molar-refractivity contribution is 9.10.